The largest absolute Gasteiger partial charge is 0.388 e. The fraction of sp³-hybridized carbons (Fsp3) is 0.650. The first kappa shape index (κ1) is 32.1. The first-order valence-electron chi connectivity index (χ1n) is 16.8. The normalized spacial score (nSPS) is 40.3. The van der Waals surface area contributed by atoms with Gasteiger partial charge in [0.05, 0.1) is 11.7 Å². The molecule has 0 aromatic heterocycles. The van der Waals surface area contributed by atoms with Gasteiger partial charge in [-0.2, -0.15) is 0 Å². The summed E-state index contributed by atoms with van der Waals surface area (Å²) in [6.07, 6.45) is 6.69. The molecular weight excluding hydrogens is 528 g/mol. The molecule has 0 saturated heterocycles. The number of Topliss-reactive ketones (excluding diaryl/α,β-unsaturated/α-hetero) is 2. The van der Waals surface area contributed by atoms with E-state index in [0.717, 1.165) is 43.2 Å². The van der Waals surface area contributed by atoms with E-state index >= 15 is 0 Å². The van der Waals surface area contributed by atoms with Crippen molar-refractivity contribution in [3.05, 3.63) is 70.8 Å². The Morgan fingerprint density at radius 2 is 1.74 bits per heavy atom. The monoisotopic (exact) mass is 584 g/mol. The zero-order valence-electron chi connectivity index (χ0n) is 28.5. The molecule has 1 aromatic carbocycles. The van der Waals surface area contributed by atoms with E-state index in [2.05, 4.69) is 61.5 Å². The first-order chi connectivity index (χ1) is 19.9. The minimum absolute atomic E-state index is 0.0172. The molecule has 3 heteroatoms. The number of rotatable bonds is 5. The van der Waals surface area contributed by atoms with Crippen molar-refractivity contribution in [2.45, 2.75) is 107 Å². The summed E-state index contributed by atoms with van der Waals surface area (Å²) in [5.41, 5.74) is 4.49. The molecule has 0 amide bonds. The second kappa shape index (κ2) is 10.7. The van der Waals surface area contributed by atoms with E-state index in [1.807, 2.05) is 37.3 Å². The molecule has 234 valence electrons. The van der Waals surface area contributed by atoms with Gasteiger partial charge in [-0.25, -0.2) is 0 Å². The minimum atomic E-state index is -0.604. The van der Waals surface area contributed by atoms with Gasteiger partial charge in [0.15, 0.2) is 11.6 Å². The summed E-state index contributed by atoms with van der Waals surface area (Å²) in [7, 11) is 0. The molecule has 0 spiro atoms. The molecule has 5 rings (SSSR count). The van der Waals surface area contributed by atoms with Crippen LogP contribution in [0.4, 0.5) is 0 Å². The van der Waals surface area contributed by atoms with Crippen LogP contribution in [-0.4, -0.2) is 16.7 Å². The van der Waals surface area contributed by atoms with Crippen LogP contribution >= 0.6 is 0 Å². The lowest BCUT2D eigenvalue weighted by Gasteiger charge is -2.68. The van der Waals surface area contributed by atoms with Crippen molar-refractivity contribution in [2.75, 3.05) is 0 Å². The molecule has 1 aromatic rings. The van der Waals surface area contributed by atoms with Crippen molar-refractivity contribution in [3.8, 4) is 0 Å². The minimum Gasteiger partial charge on any atom is -0.388 e. The van der Waals surface area contributed by atoms with Crippen molar-refractivity contribution in [1.29, 1.82) is 0 Å². The quantitative estimate of drug-likeness (QED) is 0.277. The van der Waals surface area contributed by atoms with Gasteiger partial charge >= 0.3 is 0 Å². The van der Waals surface area contributed by atoms with Crippen LogP contribution in [0.2, 0.25) is 0 Å². The standard InChI is InChI=1S/C40H56O3/c1-23-20-39(10)22-38(9)21-30-29(17-18-32(42)28-15-13-12-14-16-28)19-31(37(6,7)8)24(2)34(30)25(3)35(38)26(4)40(39,11)36(43)33(23)27(5)41/h12-16,19,24,26,29-30,32,34-35,42H,3,17-18,20-22H2,1-2,4-11H3. The Bertz CT molecular complexity index is 1370. The summed E-state index contributed by atoms with van der Waals surface area (Å²) < 4.78 is 0. The molecule has 2 saturated carbocycles. The third kappa shape index (κ3) is 4.88. The molecule has 0 bridgehead atoms. The van der Waals surface area contributed by atoms with E-state index in [-0.39, 0.29) is 39.6 Å². The van der Waals surface area contributed by atoms with Crippen LogP contribution in [0.15, 0.2) is 65.3 Å². The van der Waals surface area contributed by atoms with Gasteiger partial charge in [-0.05, 0) is 103 Å². The molecule has 4 aliphatic rings. The van der Waals surface area contributed by atoms with Gasteiger partial charge in [0.1, 0.15) is 0 Å². The van der Waals surface area contributed by atoms with Crippen LogP contribution in [0.25, 0.3) is 0 Å². The molecule has 2 fully saturated rings. The summed E-state index contributed by atoms with van der Waals surface area (Å²) in [4.78, 5) is 27.1. The zero-order valence-corrected chi connectivity index (χ0v) is 28.5. The summed E-state index contributed by atoms with van der Waals surface area (Å²) in [6.45, 7) is 27.2. The maximum absolute atomic E-state index is 14.3. The molecule has 0 heterocycles. The third-order valence-electron chi connectivity index (χ3n) is 13.1. The highest BCUT2D eigenvalue weighted by Gasteiger charge is 2.68. The lowest BCUT2D eigenvalue weighted by atomic mass is 9.35. The van der Waals surface area contributed by atoms with Crippen molar-refractivity contribution in [2.24, 2.45) is 57.2 Å². The average molecular weight is 585 g/mol. The van der Waals surface area contributed by atoms with Crippen LogP contribution in [0.5, 0.6) is 0 Å². The molecule has 10 unspecified atom stereocenters. The van der Waals surface area contributed by atoms with Gasteiger partial charge < -0.3 is 5.11 Å². The van der Waals surface area contributed by atoms with E-state index in [1.165, 1.54) is 11.1 Å². The van der Waals surface area contributed by atoms with Gasteiger partial charge in [0.25, 0.3) is 0 Å². The first-order valence-corrected chi connectivity index (χ1v) is 16.8. The lowest BCUT2D eigenvalue weighted by Crippen LogP contribution is -2.64. The summed E-state index contributed by atoms with van der Waals surface area (Å²) >= 11 is 0. The summed E-state index contributed by atoms with van der Waals surface area (Å²) in [5.74, 6) is 1.84. The number of carbonyl (C=O) groups excluding carboxylic acids is 2. The molecule has 3 nitrogen and oxygen atoms in total. The number of aliphatic hydroxyl groups is 1. The summed E-state index contributed by atoms with van der Waals surface area (Å²) in [5, 5.41) is 11.2. The van der Waals surface area contributed by atoms with Gasteiger partial charge in [0.2, 0.25) is 0 Å². The highest BCUT2D eigenvalue weighted by atomic mass is 16.3. The Morgan fingerprint density at radius 1 is 1.12 bits per heavy atom. The van der Waals surface area contributed by atoms with Crippen LogP contribution in [0.3, 0.4) is 0 Å². The number of carbonyl (C=O) groups is 2. The molecular formula is C40H56O3. The van der Waals surface area contributed by atoms with E-state index in [9.17, 15) is 14.7 Å². The maximum Gasteiger partial charge on any atom is 0.173 e. The number of hydrogen-bond acceptors (Lipinski definition) is 3. The lowest BCUT2D eigenvalue weighted by molar-refractivity contribution is -0.170. The molecule has 0 radical (unpaired) electrons. The fourth-order valence-corrected chi connectivity index (χ4v) is 11.3. The van der Waals surface area contributed by atoms with Crippen LogP contribution < -0.4 is 0 Å². The highest BCUT2D eigenvalue weighted by molar-refractivity contribution is 6.22. The smallest absolute Gasteiger partial charge is 0.173 e. The number of allylic oxidation sites excluding steroid dienone is 5. The molecule has 1 N–H and O–H groups in total. The molecule has 0 aliphatic heterocycles. The Kier molecular flexibility index (Phi) is 7.98. The van der Waals surface area contributed by atoms with Crippen molar-refractivity contribution in [1.82, 2.24) is 0 Å². The highest BCUT2D eigenvalue weighted by Crippen LogP contribution is 2.72. The molecule has 43 heavy (non-hydrogen) atoms. The van der Waals surface area contributed by atoms with E-state index in [0.29, 0.717) is 29.2 Å². The Labute approximate surface area is 261 Å². The van der Waals surface area contributed by atoms with Gasteiger partial charge in [0, 0.05) is 5.41 Å². The average Bonchev–Trinajstić information content (AvgIpc) is 2.89. The van der Waals surface area contributed by atoms with Crippen LogP contribution in [-0.2, 0) is 9.59 Å². The second-order valence-electron chi connectivity index (χ2n) is 16.9. The topological polar surface area (TPSA) is 54.4 Å². The van der Waals surface area contributed by atoms with Crippen LogP contribution in [0.1, 0.15) is 113 Å². The zero-order chi connectivity index (χ0) is 31.9. The van der Waals surface area contributed by atoms with Crippen LogP contribution in [0, 0.1) is 57.2 Å². The fourth-order valence-electron chi connectivity index (χ4n) is 11.3. The number of aliphatic hydroxyl groups excluding tert-OH is 1. The molecule has 10 atom stereocenters. The Balaban J connectivity index is 1.55. The number of ketones is 2. The Morgan fingerprint density at radius 3 is 2.33 bits per heavy atom. The van der Waals surface area contributed by atoms with Gasteiger partial charge in [-0.15, -0.1) is 0 Å². The van der Waals surface area contributed by atoms with E-state index in [4.69, 9.17) is 6.58 Å². The predicted molar refractivity (Wildman–Crippen MR) is 176 cm³/mol. The molecule has 4 aliphatic carbocycles. The van der Waals surface area contributed by atoms with Gasteiger partial charge in [-0.3, -0.25) is 9.59 Å². The number of fused-ring (bicyclic) bond motifs is 3. The maximum atomic E-state index is 14.3. The summed E-state index contributed by atoms with van der Waals surface area (Å²) in [6, 6.07) is 10.1. The van der Waals surface area contributed by atoms with Crippen molar-refractivity contribution >= 4 is 11.6 Å². The predicted octanol–water partition coefficient (Wildman–Crippen LogP) is 9.48. The van der Waals surface area contributed by atoms with Gasteiger partial charge in [-0.1, -0.05) is 115 Å². The van der Waals surface area contributed by atoms with Crippen molar-refractivity contribution < 1.29 is 14.7 Å². The Hall–Kier alpha value is -2.26. The number of benzene rings is 1. The van der Waals surface area contributed by atoms with E-state index in [1.54, 1.807) is 6.92 Å². The van der Waals surface area contributed by atoms with E-state index < -0.39 is 11.5 Å². The third-order valence-corrected chi connectivity index (χ3v) is 13.1. The van der Waals surface area contributed by atoms with Crippen molar-refractivity contribution in [3.63, 3.8) is 0 Å². The SMILES string of the molecule is C=C1C2C(C)C(C(C)(C)C)=CC(CCC(O)c3ccccc3)C2CC2(C)CC3(C)CC(C)=C(C(C)=O)C(=O)C3(C)C(C)C12. The number of hydrogen-bond donors (Lipinski definition) is 1. The second-order valence-corrected chi connectivity index (χ2v) is 16.9.